The smallest absolute Gasteiger partial charge is 0.407 e. The van der Waals surface area contributed by atoms with Crippen LogP contribution in [0, 0.1) is 23.7 Å². The van der Waals surface area contributed by atoms with Gasteiger partial charge in [0.15, 0.2) is 0 Å². The standard InChI is InChI=1S/C18H27N3O2/c1-11-5-14(20-10-11)15(19)12-6-18(7-12)8-13(9-18)21-16(22)23-17(2,3)4/h5,10,12-13,19-20H,6-9H2,1-4H3,(H,21,22). The molecule has 2 aliphatic rings. The molecule has 126 valence electrons. The largest absolute Gasteiger partial charge is 0.444 e. The number of aromatic amines is 1. The van der Waals surface area contributed by atoms with Gasteiger partial charge >= 0.3 is 6.09 Å². The molecule has 0 radical (unpaired) electrons. The molecule has 2 saturated carbocycles. The van der Waals surface area contributed by atoms with Gasteiger partial charge in [0.05, 0.1) is 11.4 Å². The Balaban J connectivity index is 1.43. The average molecular weight is 317 g/mol. The van der Waals surface area contributed by atoms with E-state index in [0.717, 1.165) is 37.1 Å². The minimum atomic E-state index is -0.448. The minimum Gasteiger partial charge on any atom is -0.444 e. The average Bonchev–Trinajstić information content (AvgIpc) is 2.74. The number of carbonyl (C=O) groups is 1. The summed E-state index contributed by atoms with van der Waals surface area (Å²) < 4.78 is 5.30. The van der Waals surface area contributed by atoms with Crippen LogP contribution >= 0.6 is 0 Å². The molecule has 2 fully saturated rings. The molecule has 0 aromatic carbocycles. The maximum absolute atomic E-state index is 11.8. The molecular formula is C18H27N3O2. The van der Waals surface area contributed by atoms with Gasteiger partial charge in [-0.1, -0.05) is 0 Å². The third-order valence-electron chi connectivity index (χ3n) is 4.96. The zero-order valence-corrected chi connectivity index (χ0v) is 14.5. The number of ether oxygens (including phenoxy) is 1. The van der Waals surface area contributed by atoms with E-state index in [1.807, 2.05) is 40.0 Å². The summed E-state index contributed by atoms with van der Waals surface area (Å²) in [5.41, 5.74) is 2.75. The Bertz CT molecular complexity index is 612. The van der Waals surface area contributed by atoms with Gasteiger partial charge in [-0.05, 0) is 70.4 Å². The summed E-state index contributed by atoms with van der Waals surface area (Å²) >= 11 is 0. The lowest BCUT2D eigenvalue weighted by atomic mass is 9.49. The molecule has 1 aromatic heterocycles. The molecule has 23 heavy (non-hydrogen) atoms. The fraction of sp³-hybridized carbons (Fsp3) is 0.667. The molecule has 0 unspecified atom stereocenters. The maximum atomic E-state index is 11.8. The number of aromatic nitrogens is 1. The van der Waals surface area contributed by atoms with Crippen molar-refractivity contribution >= 4 is 11.8 Å². The monoisotopic (exact) mass is 317 g/mol. The van der Waals surface area contributed by atoms with Crippen LogP contribution in [0.2, 0.25) is 0 Å². The zero-order valence-electron chi connectivity index (χ0n) is 14.5. The summed E-state index contributed by atoms with van der Waals surface area (Å²) in [6.07, 6.45) is 5.79. The molecule has 5 heteroatoms. The lowest BCUT2D eigenvalue weighted by Crippen LogP contribution is -2.57. The Morgan fingerprint density at radius 3 is 2.52 bits per heavy atom. The Morgan fingerprint density at radius 2 is 2.00 bits per heavy atom. The predicted octanol–water partition coefficient (Wildman–Crippen LogP) is 3.77. The second-order valence-corrected chi connectivity index (χ2v) is 8.36. The quantitative estimate of drug-likeness (QED) is 0.742. The van der Waals surface area contributed by atoms with E-state index in [0.29, 0.717) is 11.3 Å². The summed E-state index contributed by atoms with van der Waals surface area (Å²) in [5, 5.41) is 11.3. The first kappa shape index (κ1) is 16.1. The van der Waals surface area contributed by atoms with Crippen molar-refractivity contribution in [3.05, 3.63) is 23.5 Å². The number of amides is 1. The van der Waals surface area contributed by atoms with Gasteiger partial charge in [0.2, 0.25) is 0 Å². The van der Waals surface area contributed by atoms with Crippen LogP contribution in [0.25, 0.3) is 0 Å². The Labute approximate surface area is 137 Å². The molecule has 5 nitrogen and oxygen atoms in total. The summed E-state index contributed by atoms with van der Waals surface area (Å²) in [6, 6.07) is 2.27. The summed E-state index contributed by atoms with van der Waals surface area (Å²) in [6.45, 7) is 7.66. The van der Waals surface area contributed by atoms with Crippen molar-refractivity contribution < 1.29 is 9.53 Å². The van der Waals surface area contributed by atoms with Gasteiger partial charge in [-0.25, -0.2) is 4.79 Å². The molecule has 0 aliphatic heterocycles. The molecule has 3 N–H and O–H groups in total. The number of H-pyrrole nitrogens is 1. The molecule has 0 saturated heterocycles. The van der Waals surface area contributed by atoms with Crippen molar-refractivity contribution in [3.8, 4) is 0 Å². The van der Waals surface area contributed by atoms with Gasteiger partial charge in [-0.2, -0.15) is 0 Å². The molecular weight excluding hydrogens is 290 g/mol. The normalized spacial score (nSPS) is 29.6. The summed E-state index contributed by atoms with van der Waals surface area (Å²) in [5.74, 6) is 0.357. The third-order valence-corrected chi connectivity index (χ3v) is 4.96. The highest BCUT2D eigenvalue weighted by Crippen LogP contribution is 2.59. The van der Waals surface area contributed by atoms with Crippen molar-refractivity contribution in [1.82, 2.24) is 10.3 Å². The Hall–Kier alpha value is -1.78. The fourth-order valence-corrected chi connectivity index (χ4v) is 3.96. The number of nitrogens with one attached hydrogen (secondary N) is 3. The van der Waals surface area contributed by atoms with Crippen molar-refractivity contribution in [3.63, 3.8) is 0 Å². The predicted molar refractivity (Wildman–Crippen MR) is 89.9 cm³/mol. The number of rotatable bonds is 3. The highest BCUT2D eigenvalue weighted by Gasteiger charge is 2.54. The molecule has 2 aliphatic carbocycles. The second kappa shape index (κ2) is 5.39. The van der Waals surface area contributed by atoms with Crippen molar-refractivity contribution in [2.75, 3.05) is 0 Å². The molecule has 0 atom stereocenters. The number of hydrogen-bond donors (Lipinski definition) is 3. The number of carbonyl (C=O) groups excluding carboxylic acids is 1. The van der Waals surface area contributed by atoms with Crippen molar-refractivity contribution in [2.45, 2.75) is 65.0 Å². The minimum absolute atomic E-state index is 0.229. The molecule has 1 heterocycles. The SMILES string of the molecule is Cc1c[nH]c(C(=N)C2CC3(CC(NC(=O)OC(C)(C)C)C3)C2)c1. The first-order chi connectivity index (χ1) is 10.7. The zero-order chi connectivity index (χ0) is 16.8. The van der Waals surface area contributed by atoms with Gasteiger partial charge in [-0.15, -0.1) is 0 Å². The van der Waals surface area contributed by atoms with E-state index in [9.17, 15) is 4.79 Å². The fourth-order valence-electron chi connectivity index (χ4n) is 3.96. The van der Waals surface area contributed by atoms with Crippen LogP contribution < -0.4 is 5.32 Å². The van der Waals surface area contributed by atoms with E-state index in [2.05, 4.69) is 10.3 Å². The van der Waals surface area contributed by atoms with E-state index in [4.69, 9.17) is 10.1 Å². The van der Waals surface area contributed by atoms with Gasteiger partial charge < -0.3 is 20.4 Å². The van der Waals surface area contributed by atoms with Crippen molar-refractivity contribution in [1.29, 1.82) is 5.41 Å². The van der Waals surface area contributed by atoms with Crippen LogP contribution in [0.1, 0.15) is 57.7 Å². The third kappa shape index (κ3) is 3.43. The summed E-state index contributed by atoms with van der Waals surface area (Å²) in [4.78, 5) is 14.9. The van der Waals surface area contributed by atoms with Crippen LogP contribution in [0.15, 0.2) is 12.3 Å². The number of alkyl carbamates (subject to hydrolysis) is 1. The Morgan fingerprint density at radius 1 is 1.35 bits per heavy atom. The molecule has 1 amide bonds. The lowest BCUT2D eigenvalue weighted by molar-refractivity contribution is -0.0295. The van der Waals surface area contributed by atoms with Crippen LogP contribution in [0.5, 0.6) is 0 Å². The lowest BCUT2D eigenvalue weighted by Gasteiger charge is -2.57. The van der Waals surface area contributed by atoms with E-state index >= 15 is 0 Å². The van der Waals surface area contributed by atoms with E-state index in [1.165, 1.54) is 5.56 Å². The molecule has 1 aromatic rings. The van der Waals surface area contributed by atoms with Gasteiger partial charge in [0.25, 0.3) is 0 Å². The topological polar surface area (TPSA) is 78.0 Å². The number of aryl methyl sites for hydroxylation is 1. The van der Waals surface area contributed by atoms with E-state index in [1.54, 1.807) is 0 Å². The summed E-state index contributed by atoms with van der Waals surface area (Å²) in [7, 11) is 0. The molecule has 0 bridgehead atoms. The number of hydrogen-bond acceptors (Lipinski definition) is 3. The van der Waals surface area contributed by atoms with Gasteiger partial charge in [-0.3, -0.25) is 0 Å². The second-order valence-electron chi connectivity index (χ2n) is 8.36. The van der Waals surface area contributed by atoms with E-state index < -0.39 is 5.60 Å². The van der Waals surface area contributed by atoms with Gasteiger partial charge in [0, 0.05) is 18.2 Å². The van der Waals surface area contributed by atoms with Crippen LogP contribution in [-0.2, 0) is 4.74 Å². The van der Waals surface area contributed by atoms with Crippen molar-refractivity contribution in [2.24, 2.45) is 11.3 Å². The Kier molecular flexibility index (Phi) is 3.77. The highest BCUT2D eigenvalue weighted by molar-refractivity contribution is 5.99. The first-order valence-corrected chi connectivity index (χ1v) is 8.39. The van der Waals surface area contributed by atoms with Crippen LogP contribution in [0.4, 0.5) is 4.79 Å². The molecule has 1 spiro atoms. The molecule has 3 rings (SSSR count). The first-order valence-electron chi connectivity index (χ1n) is 8.39. The maximum Gasteiger partial charge on any atom is 0.407 e. The van der Waals surface area contributed by atoms with Gasteiger partial charge in [0.1, 0.15) is 5.60 Å². The van der Waals surface area contributed by atoms with Crippen LogP contribution in [-0.4, -0.2) is 28.4 Å². The highest BCUT2D eigenvalue weighted by atomic mass is 16.6. The van der Waals surface area contributed by atoms with E-state index in [-0.39, 0.29) is 12.1 Å². The van der Waals surface area contributed by atoms with Crippen LogP contribution in [0.3, 0.4) is 0 Å².